The Morgan fingerprint density at radius 3 is 1.49 bits per heavy atom. The van der Waals surface area contributed by atoms with E-state index in [1.54, 1.807) is 24.3 Å². The second-order valence-electron chi connectivity index (χ2n) is 9.04. The van der Waals surface area contributed by atoms with Gasteiger partial charge in [0.1, 0.15) is 0 Å². The van der Waals surface area contributed by atoms with Crippen LogP contribution >= 0.6 is 0 Å². The number of nitrogens with two attached hydrogens (primary N) is 1. The molecule has 0 aliphatic heterocycles. The van der Waals surface area contributed by atoms with E-state index in [1.807, 2.05) is 74.5 Å². The number of amides is 1. The van der Waals surface area contributed by atoms with E-state index in [1.165, 1.54) is 26.7 Å². The maximum atomic E-state index is 11.8. The number of nitrogen functional groups attached to an aromatic ring is 1. The summed E-state index contributed by atoms with van der Waals surface area (Å²) >= 11 is 0. The van der Waals surface area contributed by atoms with Gasteiger partial charge in [-0.1, -0.05) is 59.7 Å². The monoisotopic (exact) mass is 524 g/mol. The van der Waals surface area contributed by atoms with Crippen LogP contribution in [0.1, 0.15) is 38.8 Å². The summed E-state index contributed by atoms with van der Waals surface area (Å²) in [6.07, 6.45) is 0. The molecule has 0 saturated carbocycles. The largest absolute Gasteiger partial charge is 0.465 e. The molecule has 0 aliphatic carbocycles. The number of ether oxygens (including phenoxy) is 2. The fourth-order valence-electron chi connectivity index (χ4n) is 3.85. The minimum atomic E-state index is -0.435. The van der Waals surface area contributed by atoms with Crippen molar-refractivity contribution in [1.82, 2.24) is 0 Å². The highest BCUT2D eigenvalue weighted by Gasteiger charge is 2.11. The quantitative estimate of drug-likeness (QED) is 0.230. The van der Waals surface area contributed by atoms with Gasteiger partial charge in [-0.05, 0) is 72.5 Å². The average Bonchev–Trinajstić information content (AvgIpc) is 2.92. The Bertz CT molecular complexity index is 1480. The lowest BCUT2D eigenvalue weighted by Crippen LogP contribution is -2.08. The van der Waals surface area contributed by atoms with Crippen LogP contribution in [0.4, 0.5) is 11.4 Å². The molecule has 0 fully saturated rings. The average molecular weight is 525 g/mol. The number of anilines is 2. The van der Waals surface area contributed by atoms with Gasteiger partial charge >= 0.3 is 11.9 Å². The van der Waals surface area contributed by atoms with E-state index in [2.05, 4.69) is 5.32 Å². The van der Waals surface area contributed by atoms with Gasteiger partial charge in [-0.2, -0.15) is 0 Å². The highest BCUT2D eigenvalue weighted by Crippen LogP contribution is 2.26. The van der Waals surface area contributed by atoms with Gasteiger partial charge < -0.3 is 20.5 Å². The van der Waals surface area contributed by atoms with E-state index >= 15 is 0 Å². The van der Waals surface area contributed by atoms with E-state index in [0.29, 0.717) is 22.5 Å². The first-order valence-corrected chi connectivity index (χ1v) is 12.2. The molecule has 4 aromatic rings. The van der Waals surface area contributed by atoms with Gasteiger partial charge in [0.05, 0.1) is 25.3 Å². The zero-order valence-electron chi connectivity index (χ0n) is 22.7. The molecule has 4 rings (SSSR count). The molecule has 0 spiro atoms. The normalized spacial score (nSPS) is 10.1. The van der Waals surface area contributed by atoms with Crippen molar-refractivity contribution in [2.45, 2.75) is 20.8 Å². The Labute approximate surface area is 228 Å². The van der Waals surface area contributed by atoms with Crippen LogP contribution in [0.2, 0.25) is 0 Å². The summed E-state index contributed by atoms with van der Waals surface area (Å²) < 4.78 is 9.46. The summed E-state index contributed by atoms with van der Waals surface area (Å²) in [5, 5.41) is 2.70. The molecule has 0 atom stereocenters. The van der Waals surface area contributed by atoms with Crippen molar-refractivity contribution in [3.05, 3.63) is 107 Å². The standard InChI is InChI=1S/C17H17NO3.C15H15NO2/c1-11-4-6-13(7-5-11)14-8-15(17(20)21-3)10-16(9-14)18-12(2)19;1-10-3-5-11(6-4-10)12-7-13(15(17)18-2)9-14(16)8-12/h4-10H,1-3H3,(H,18,19);3-9H,16H2,1-2H3. The molecular weight excluding hydrogens is 492 g/mol. The zero-order chi connectivity index (χ0) is 28.5. The van der Waals surface area contributed by atoms with Gasteiger partial charge in [0.25, 0.3) is 0 Å². The minimum Gasteiger partial charge on any atom is -0.465 e. The van der Waals surface area contributed by atoms with Crippen LogP contribution in [0.25, 0.3) is 22.3 Å². The summed E-state index contributed by atoms with van der Waals surface area (Å²) in [5.74, 6) is -1.00. The van der Waals surface area contributed by atoms with Crippen molar-refractivity contribution in [3.8, 4) is 22.3 Å². The lowest BCUT2D eigenvalue weighted by Gasteiger charge is -2.10. The van der Waals surface area contributed by atoms with Crippen molar-refractivity contribution < 1.29 is 23.9 Å². The maximum Gasteiger partial charge on any atom is 0.337 e. The molecule has 1 amide bonds. The molecule has 0 aliphatic rings. The molecule has 0 radical (unpaired) electrons. The highest BCUT2D eigenvalue weighted by molar-refractivity contribution is 5.96. The van der Waals surface area contributed by atoms with Crippen LogP contribution in [0.5, 0.6) is 0 Å². The topological polar surface area (TPSA) is 108 Å². The Morgan fingerprint density at radius 1 is 0.615 bits per heavy atom. The smallest absolute Gasteiger partial charge is 0.337 e. The van der Waals surface area contributed by atoms with E-state index in [4.69, 9.17) is 15.2 Å². The van der Waals surface area contributed by atoms with Crippen molar-refractivity contribution >= 4 is 29.2 Å². The summed E-state index contributed by atoms with van der Waals surface area (Å²) in [4.78, 5) is 34.5. The van der Waals surface area contributed by atoms with E-state index in [0.717, 1.165) is 27.8 Å². The molecule has 0 saturated heterocycles. The van der Waals surface area contributed by atoms with Gasteiger partial charge in [-0.15, -0.1) is 0 Å². The minimum absolute atomic E-state index is 0.188. The van der Waals surface area contributed by atoms with Gasteiger partial charge in [0, 0.05) is 18.3 Å². The number of hydrogen-bond donors (Lipinski definition) is 2. The number of carbonyl (C=O) groups is 3. The first kappa shape index (κ1) is 28.7. The Hall–Kier alpha value is -4.91. The Morgan fingerprint density at radius 2 is 1.05 bits per heavy atom. The van der Waals surface area contributed by atoms with Crippen LogP contribution in [0.3, 0.4) is 0 Å². The van der Waals surface area contributed by atoms with Gasteiger partial charge in [0.2, 0.25) is 5.91 Å². The molecule has 7 nitrogen and oxygen atoms in total. The number of rotatable bonds is 5. The molecule has 3 N–H and O–H groups in total. The Balaban J connectivity index is 0.000000218. The Kier molecular flexibility index (Phi) is 9.59. The van der Waals surface area contributed by atoms with Crippen LogP contribution in [0.15, 0.2) is 84.9 Å². The number of methoxy groups -OCH3 is 2. The summed E-state index contributed by atoms with van der Waals surface area (Å²) in [7, 11) is 2.69. The zero-order valence-corrected chi connectivity index (χ0v) is 22.7. The van der Waals surface area contributed by atoms with Crippen molar-refractivity contribution in [3.63, 3.8) is 0 Å². The van der Waals surface area contributed by atoms with Gasteiger partial charge in [0.15, 0.2) is 0 Å². The predicted octanol–water partition coefficient (Wildman–Crippen LogP) is 6.44. The summed E-state index contributed by atoms with van der Waals surface area (Å²) in [5.41, 5.74) is 13.9. The fourth-order valence-corrected chi connectivity index (χ4v) is 3.85. The first-order valence-electron chi connectivity index (χ1n) is 12.2. The highest BCUT2D eigenvalue weighted by atomic mass is 16.5. The van der Waals surface area contributed by atoms with Crippen LogP contribution < -0.4 is 11.1 Å². The van der Waals surface area contributed by atoms with Crippen LogP contribution in [-0.2, 0) is 14.3 Å². The SMILES string of the molecule is COC(=O)c1cc(N)cc(-c2ccc(C)cc2)c1.COC(=O)c1cc(NC(C)=O)cc(-c2ccc(C)cc2)c1. The van der Waals surface area contributed by atoms with E-state index in [9.17, 15) is 14.4 Å². The van der Waals surface area contributed by atoms with E-state index < -0.39 is 5.97 Å². The molecule has 0 unspecified atom stereocenters. The van der Waals surface area contributed by atoms with Crippen LogP contribution in [-0.4, -0.2) is 32.1 Å². The van der Waals surface area contributed by atoms with Crippen LogP contribution in [0, 0.1) is 13.8 Å². The van der Waals surface area contributed by atoms with Gasteiger partial charge in [-0.25, -0.2) is 9.59 Å². The molecule has 0 bridgehead atoms. The van der Waals surface area contributed by atoms with Crippen molar-refractivity contribution in [2.24, 2.45) is 0 Å². The van der Waals surface area contributed by atoms with E-state index in [-0.39, 0.29) is 11.9 Å². The van der Waals surface area contributed by atoms with Crippen molar-refractivity contribution in [2.75, 3.05) is 25.3 Å². The van der Waals surface area contributed by atoms with Gasteiger partial charge in [-0.3, -0.25) is 4.79 Å². The lowest BCUT2D eigenvalue weighted by molar-refractivity contribution is -0.114. The maximum absolute atomic E-state index is 11.8. The molecule has 7 heteroatoms. The molecule has 0 heterocycles. The molecule has 0 aromatic heterocycles. The number of aryl methyl sites for hydroxylation is 2. The third-order valence-electron chi connectivity index (χ3n) is 5.82. The molecule has 39 heavy (non-hydrogen) atoms. The molecule has 200 valence electrons. The number of hydrogen-bond acceptors (Lipinski definition) is 6. The first-order chi connectivity index (χ1) is 18.6. The number of carbonyl (C=O) groups excluding carboxylic acids is 3. The number of esters is 2. The molecular formula is C32H32N2O5. The lowest BCUT2D eigenvalue weighted by atomic mass is 10.0. The fraction of sp³-hybridized carbons (Fsp3) is 0.156. The number of nitrogens with one attached hydrogen (secondary N) is 1. The third kappa shape index (κ3) is 8.04. The summed E-state index contributed by atoms with van der Waals surface area (Å²) in [6.45, 7) is 5.47. The third-order valence-corrected chi connectivity index (χ3v) is 5.82. The predicted molar refractivity (Wildman–Crippen MR) is 155 cm³/mol. The number of benzene rings is 4. The molecule has 4 aromatic carbocycles. The van der Waals surface area contributed by atoms with Crippen molar-refractivity contribution in [1.29, 1.82) is 0 Å². The second-order valence-corrected chi connectivity index (χ2v) is 9.04. The summed E-state index contributed by atoms with van der Waals surface area (Å²) in [6, 6.07) is 26.4. The second kappa shape index (κ2) is 13.1.